The summed E-state index contributed by atoms with van der Waals surface area (Å²) in [5.74, 6) is 1.84. The number of thiazole rings is 1. The van der Waals surface area contributed by atoms with Crippen LogP contribution in [0.1, 0.15) is 36.1 Å². The molecule has 0 spiro atoms. The number of benzene rings is 2. The van der Waals surface area contributed by atoms with E-state index in [1.54, 1.807) is 26.4 Å². The maximum atomic E-state index is 13.0. The molecule has 3 rings (SSSR count). The third kappa shape index (κ3) is 4.30. The first-order chi connectivity index (χ1) is 13.6. The van der Waals surface area contributed by atoms with Gasteiger partial charge in [-0.15, -0.1) is 11.3 Å². The predicted octanol–water partition coefficient (Wildman–Crippen LogP) is 5.93. The van der Waals surface area contributed by atoms with Crippen LogP contribution in [0.2, 0.25) is 18.1 Å². The van der Waals surface area contributed by atoms with Crippen LogP contribution in [-0.2, 0) is 0 Å². The minimum absolute atomic E-state index is 0.0640. The molecule has 0 fully saturated rings. The van der Waals surface area contributed by atoms with Crippen molar-refractivity contribution in [3.8, 4) is 17.2 Å². The molecular weight excluding hydrogens is 402 g/mol. The maximum absolute atomic E-state index is 13.0. The Morgan fingerprint density at radius 2 is 1.72 bits per heavy atom. The minimum Gasteiger partial charge on any atom is -0.541 e. The molecule has 0 saturated carbocycles. The van der Waals surface area contributed by atoms with E-state index in [1.807, 2.05) is 24.3 Å². The van der Waals surface area contributed by atoms with Gasteiger partial charge in [-0.1, -0.05) is 20.8 Å². The Kier molecular flexibility index (Phi) is 5.74. The molecule has 0 aliphatic carbocycles. The smallest absolute Gasteiger partial charge is 0.250 e. The second kappa shape index (κ2) is 7.80. The largest absolute Gasteiger partial charge is 0.541 e. The number of fused-ring (bicyclic) bond motifs is 1. The van der Waals surface area contributed by atoms with Crippen molar-refractivity contribution in [3.63, 3.8) is 0 Å². The number of hydrogen-bond acceptors (Lipinski definition) is 6. The lowest BCUT2D eigenvalue weighted by molar-refractivity contribution is 0.103. The Hall–Kier alpha value is -2.38. The highest BCUT2D eigenvalue weighted by Gasteiger charge is 2.39. The summed E-state index contributed by atoms with van der Waals surface area (Å²) < 4.78 is 18.1. The Bertz CT molecular complexity index is 1050. The molecule has 0 saturated heterocycles. The Labute approximate surface area is 176 Å². The summed E-state index contributed by atoms with van der Waals surface area (Å²) in [6, 6.07) is 10.9. The zero-order chi connectivity index (χ0) is 21.4. The lowest BCUT2D eigenvalue weighted by atomic mass is 10.1. The SMILES string of the molecule is COc1ccc2nc(C(=O)c3ccc(O[Si](C)(C)C(C)(C)C)c(OC)c3)sc2c1. The van der Waals surface area contributed by atoms with E-state index in [0.29, 0.717) is 22.1 Å². The fraction of sp³-hybridized carbons (Fsp3) is 0.364. The fourth-order valence-electron chi connectivity index (χ4n) is 2.57. The average Bonchev–Trinajstić information content (AvgIpc) is 3.09. The number of methoxy groups -OCH3 is 2. The van der Waals surface area contributed by atoms with Crippen LogP contribution in [0.25, 0.3) is 10.2 Å². The molecule has 0 aliphatic rings. The molecule has 7 heteroatoms. The summed E-state index contributed by atoms with van der Waals surface area (Å²) in [7, 11) is 1.19. The summed E-state index contributed by atoms with van der Waals surface area (Å²) in [4.78, 5) is 17.5. The zero-order valence-electron chi connectivity index (χ0n) is 18.0. The van der Waals surface area contributed by atoms with Gasteiger partial charge in [-0.25, -0.2) is 4.98 Å². The van der Waals surface area contributed by atoms with Crippen molar-refractivity contribution < 1.29 is 18.7 Å². The van der Waals surface area contributed by atoms with Gasteiger partial charge in [0.25, 0.3) is 8.32 Å². The van der Waals surface area contributed by atoms with Gasteiger partial charge >= 0.3 is 0 Å². The van der Waals surface area contributed by atoms with E-state index < -0.39 is 8.32 Å². The van der Waals surface area contributed by atoms with Crippen LogP contribution < -0.4 is 13.9 Å². The van der Waals surface area contributed by atoms with Gasteiger partial charge in [-0.3, -0.25) is 4.79 Å². The van der Waals surface area contributed by atoms with Gasteiger partial charge in [0.05, 0.1) is 24.4 Å². The van der Waals surface area contributed by atoms with Crippen LogP contribution in [-0.4, -0.2) is 33.3 Å². The van der Waals surface area contributed by atoms with Gasteiger partial charge in [0.15, 0.2) is 10.8 Å². The Morgan fingerprint density at radius 1 is 1.00 bits per heavy atom. The number of ether oxygens (including phenoxy) is 2. The van der Waals surface area contributed by atoms with Crippen LogP contribution in [0.3, 0.4) is 0 Å². The van der Waals surface area contributed by atoms with Gasteiger partial charge in [-0.05, 0) is 54.5 Å². The van der Waals surface area contributed by atoms with Crippen LogP contribution >= 0.6 is 11.3 Å². The van der Waals surface area contributed by atoms with Gasteiger partial charge in [0.2, 0.25) is 5.78 Å². The number of ketones is 1. The summed E-state index contributed by atoms with van der Waals surface area (Å²) >= 11 is 1.35. The third-order valence-corrected chi connectivity index (χ3v) is 10.7. The van der Waals surface area contributed by atoms with Crippen molar-refractivity contribution in [2.75, 3.05) is 14.2 Å². The first-order valence-corrected chi connectivity index (χ1v) is 13.1. The molecule has 5 nitrogen and oxygen atoms in total. The van der Waals surface area contributed by atoms with Crippen molar-refractivity contribution >= 4 is 35.7 Å². The first-order valence-electron chi connectivity index (χ1n) is 9.42. The number of carbonyl (C=O) groups is 1. The molecule has 0 atom stereocenters. The molecule has 0 radical (unpaired) electrons. The molecule has 0 unspecified atom stereocenters. The topological polar surface area (TPSA) is 57.7 Å². The van der Waals surface area contributed by atoms with E-state index >= 15 is 0 Å². The highest BCUT2D eigenvalue weighted by atomic mass is 32.1. The first kappa shape index (κ1) is 21.3. The normalized spacial score (nSPS) is 12.1. The molecule has 3 aromatic rings. The van der Waals surface area contributed by atoms with Crippen molar-refractivity contribution in [1.29, 1.82) is 0 Å². The lowest BCUT2D eigenvalue weighted by Gasteiger charge is -2.36. The maximum Gasteiger partial charge on any atom is 0.250 e. The molecule has 154 valence electrons. The number of hydrogen-bond donors (Lipinski definition) is 0. The van der Waals surface area contributed by atoms with E-state index in [2.05, 4.69) is 38.8 Å². The Morgan fingerprint density at radius 3 is 2.34 bits per heavy atom. The minimum atomic E-state index is -2.02. The van der Waals surface area contributed by atoms with Gasteiger partial charge in [0, 0.05) is 5.56 Å². The molecule has 0 amide bonds. The molecule has 29 heavy (non-hydrogen) atoms. The molecule has 1 aromatic heterocycles. The second-order valence-corrected chi connectivity index (χ2v) is 14.2. The molecule has 1 heterocycles. The van der Waals surface area contributed by atoms with Crippen LogP contribution in [0.15, 0.2) is 36.4 Å². The van der Waals surface area contributed by atoms with Gasteiger partial charge in [0.1, 0.15) is 11.5 Å². The molecule has 0 aliphatic heterocycles. The van der Waals surface area contributed by atoms with Crippen LogP contribution in [0, 0.1) is 0 Å². The molecule has 0 N–H and O–H groups in total. The van der Waals surface area contributed by atoms with Crippen molar-refractivity contribution in [2.24, 2.45) is 0 Å². The summed E-state index contributed by atoms with van der Waals surface area (Å²) in [5, 5.41) is 0.502. The van der Waals surface area contributed by atoms with Gasteiger partial charge < -0.3 is 13.9 Å². The fourth-order valence-corrected chi connectivity index (χ4v) is 4.55. The number of carbonyl (C=O) groups excluding carboxylic acids is 1. The Balaban J connectivity index is 1.92. The van der Waals surface area contributed by atoms with Crippen molar-refractivity contribution in [2.45, 2.75) is 38.9 Å². The van der Waals surface area contributed by atoms with Crippen molar-refractivity contribution in [1.82, 2.24) is 4.98 Å². The highest BCUT2D eigenvalue weighted by Crippen LogP contribution is 2.40. The predicted molar refractivity (Wildman–Crippen MR) is 120 cm³/mol. The van der Waals surface area contributed by atoms with Crippen LogP contribution in [0.5, 0.6) is 17.2 Å². The van der Waals surface area contributed by atoms with E-state index in [-0.39, 0.29) is 10.8 Å². The summed E-state index contributed by atoms with van der Waals surface area (Å²) in [5.41, 5.74) is 1.31. The lowest BCUT2D eigenvalue weighted by Crippen LogP contribution is -2.43. The molecule has 0 bridgehead atoms. The quantitative estimate of drug-likeness (QED) is 0.359. The average molecular weight is 430 g/mol. The number of nitrogens with zero attached hydrogens (tertiary/aromatic N) is 1. The summed E-state index contributed by atoms with van der Waals surface area (Å²) in [6.45, 7) is 10.9. The standard InChI is InChI=1S/C22H27NO4SSi/c1-22(2,3)29(6,7)27-17-11-8-14(12-18(17)26-5)20(24)21-23-16-10-9-15(25-4)13-19(16)28-21/h8-13H,1-7H3. The molecular formula is C22H27NO4SSi. The highest BCUT2D eigenvalue weighted by molar-refractivity contribution is 7.20. The molecule has 2 aromatic carbocycles. The van der Waals surface area contributed by atoms with E-state index in [4.69, 9.17) is 13.9 Å². The van der Waals surface area contributed by atoms with E-state index in [9.17, 15) is 4.79 Å². The van der Waals surface area contributed by atoms with Crippen molar-refractivity contribution in [3.05, 3.63) is 47.0 Å². The van der Waals surface area contributed by atoms with Gasteiger partial charge in [-0.2, -0.15) is 0 Å². The third-order valence-electron chi connectivity index (χ3n) is 5.39. The van der Waals surface area contributed by atoms with E-state index in [0.717, 1.165) is 16.0 Å². The number of rotatable bonds is 6. The number of aromatic nitrogens is 1. The summed E-state index contributed by atoms with van der Waals surface area (Å²) in [6.07, 6.45) is 0. The van der Waals surface area contributed by atoms with Crippen LogP contribution in [0.4, 0.5) is 0 Å². The second-order valence-electron chi connectivity index (χ2n) is 8.41. The van der Waals surface area contributed by atoms with E-state index in [1.165, 1.54) is 11.3 Å². The monoisotopic (exact) mass is 429 g/mol. The zero-order valence-corrected chi connectivity index (χ0v) is 19.8.